The number of aliphatic carboxylic acids is 1. The Morgan fingerprint density at radius 2 is 1.94 bits per heavy atom. The average Bonchev–Trinajstić information content (AvgIpc) is 3.35. The van der Waals surface area contributed by atoms with Gasteiger partial charge in [-0.15, -0.1) is 0 Å². The molecule has 1 aromatic heterocycles. The van der Waals surface area contributed by atoms with Crippen molar-refractivity contribution < 1.29 is 28.2 Å². The molecule has 1 unspecified atom stereocenters. The number of rotatable bonds is 11. The number of aromatic nitrogens is 3. The van der Waals surface area contributed by atoms with E-state index in [2.05, 4.69) is 49.3 Å². The molecule has 11 heteroatoms. The highest BCUT2D eigenvalue weighted by Crippen LogP contribution is 2.36. The van der Waals surface area contributed by atoms with Crippen molar-refractivity contribution in [3.63, 3.8) is 0 Å². The number of anilines is 1. The van der Waals surface area contributed by atoms with Crippen LogP contribution in [-0.4, -0.2) is 54.5 Å². The number of halogens is 1. The number of carboxylic acids is 1. The van der Waals surface area contributed by atoms with Gasteiger partial charge in [0.2, 0.25) is 0 Å². The standard InChI is InChI=1S/C25H33FN4O5Si/c1-25(2,3)36(5,6)35-10-9-34-22-11-17(26)7-8-21(22)23(24(31)32)29-18-12-19(14-20(13-18)33-4)30-16-27-15-28-30/h7-8,11-16,23,29H,9-10H2,1-6H3,(H,31,32). The third-order valence-corrected chi connectivity index (χ3v) is 10.8. The van der Waals surface area contributed by atoms with Crippen molar-refractivity contribution in [2.75, 3.05) is 25.6 Å². The molecule has 0 bridgehead atoms. The van der Waals surface area contributed by atoms with Crippen molar-refractivity contribution in [3.05, 3.63) is 60.4 Å². The molecule has 36 heavy (non-hydrogen) atoms. The zero-order valence-corrected chi connectivity index (χ0v) is 22.4. The number of nitrogens with zero attached hydrogens (tertiary/aromatic N) is 3. The van der Waals surface area contributed by atoms with Crippen molar-refractivity contribution in [2.24, 2.45) is 0 Å². The minimum absolute atomic E-state index is 0.0389. The van der Waals surface area contributed by atoms with Gasteiger partial charge in [0.15, 0.2) is 14.4 Å². The predicted molar refractivity (Wildman–Crippen MR) is 137 cm³/mol. The summed E-state index contributed by atoms with van der Waals surface area (Å²) in [7, 11) is -0.469. The summed E-state index contributed by atoms with van der Waals surface area (Å²) >= 11 is 0. The predicted octanol–water partition coefficient (Wildman–Crippen LogP) is 5.05. The van der Waals surface area contributed by atoms with Gasteiger partial charge in [0, 0.05) is 29.4 Å². The van der Waals surface area contributed by atoms with Gasteiger partial charge >= 0.3 is 5.97 Å². The molecule has 0 saturated carbocycles. The topological polar surface area (TPSA) is 108 Å². The lowest BCUT2D eigenvalue weighted by Gasteiger charge is -2.36. The van der Waals surface area contributed by atoms with E-state index in [0.29, 0.717) is 23.7 Å². The lowest BCUT2D eigenvalue weighted by molar-refractivity contribution is -0.138. The van der Waals surface area contributed by atoms with Crippen LogP contribution in [0.5, 0.6) is 11.5 Å². The zero-order chi connectivity index (χ0) is 26.5. The van der Waals surface area contributed by atoms with Gasteiger partial charge in [-0.2, -0.15) is 5.10 Å². The van der Waals surface area contributed by atoms with Crippen LogP contribution in [0.3, 0.4) is 0 Å². The van der Waals surface area contributed by atoms with Gasteiger partial charge in [-0.3, -0.25) is 0 Å². The molecule has 0 spiro atoms. The number of hydrogen-bond acceptors (Lipinski definition) is 7. The fourth-order valence-electron chi connectivity index (χ4n) is 3.23. The van der Waals surface area contributed by atoms with E-state index >= 15 is 0 Å². The van der Waals surface area contributed by atoms with Gasteiger partial charge in [-0.25, -0.2) is 18.9 Å². The summed E-state index contributed by atoms with van der Waals surface area (Å²) in [6.45, 7) is 11.2. The average molecular weight is 517 g/mol. The number of methoxy groups -OCH3 is 1. The smallest absolute Gasteiger partial charge is 0.330 e. The Kier molecular flexibility index (Phi) is 8.36. The number of ether oxygens (including phenoxy) is 2. The van der Waals surface area contributed by atoms with Gasteiger partial charge < -0.3 is 24.3 Å². The Labute approximate surface area is 211 Å². The number of carbonyl (C=O) groups is 1. The Bertz CT molecular complexity index is 1180. The maximum Gasteiger partial charge on any atom is 0.330 e. The van der Waals surface area contributed by atoms with Crippen LogP contribution < -0.4 is 14.8 Å². The summed E-state index contributed by atoms with van der Waals surface area (Å²) in [5, 5.41) is 17.2. The van der Waals surface area contributed by atoms with Gasteiger partial charge in [0.05, 0.1) is 19.4 Å². The Balaban J connectivity index is 1.84. The van der Waals surface area contributed by atoms with Crippen LogP contribution in [0, 0.1) is 5.82 Å². The van der Waals surface area contributed by atoms with E-state index in [4.69, 9.17) is 13.9 Å². The number of benzene rings is 2. The molecule has 0 aliphatic carbocycles. The van der Waals surface area contributed by atoms with E-state index in [1.165, 1.54) is 42.6 Å². The van der Waals surface area contributed by atoms with Crippen LogP contribution in [0.1, 0.15) is 32.4 Å². The fourth-order valence-corrected chi connectivity index (χ4v) is 4.26. The van der Waals surface area contributed by atoms with Crippen molar-refractivity contribution in [2.45, 2.75) is 44.9 Å². The Morgan fingerprint density at radius 1 is 1.19 bits per heavy atom. The van der Waals surface area contributed by atoms with E-state index in [1.807, 2.05) is 0 Å². The van der Waals surface area contributed by atoms with Crippen molar-refractivity contribution >= 4 is 20.0 Å². The molecule has 0 fully saturated rings. The van der Waals surface area contributed by atoms with Crippen LogP contribution in [-0.2, 0) is 9.22 Å². The molecule has 0 aliphatic heterocycles. The lowest BCUT2D eigenvalue weighted by Crippen LogP contribution is -2.41. The minimum atomic E-state index is -1.98. The molecule has 0 radical (unpaired) electrons. The van der Waals surface area contributed by atoms with Gasteiger partial charge in [0.1, 0.15) is 36.6 Å². The van der Waals surface area contributed by atoms with E-state index in [-0.39, 0.29) is 23.0 Å². The normalized spacial score (nSPS) is 12.8. The van der Waals surface area contributed by atoms with Crippen molar-refractivity contribution in [1.82, 2.24) is 14.8 Å². The summed E-state index contributed by atoms with van der Waals surface area (Å²) < 4.78 is 32.9. The Hall–Kier alpha value is -3.44. The molecule has 2 N–H and O–H groups in total. The highest BCUT2D eigenvalue weighted by molar-refractivity contribution is 6.74. The lowest BCUT2D eigenvalue weighted by atomic mass is 10.0. The quantitative estimate of drug-likeness (QED) is 0.269. The summed E-state index contributed by atoms with van der Waals surface area (Å²) in [6, 6.07) is 7.69. The molecular weight excluding hydrogens is 483 g/mol. The van der Waals surface area contributed by atoms with Crippen LogP contribution in [0.25, 0.3) is 5.69 Å². The highest BCUT2D eigenvalue weighted by Gasteiger charge is 2.37. The summed E-state index contributed by atoms with van der Waals surface area (Å²) in [6.07, 6.45) is 2.91. The van der Waals surface area contributed by atoms with E-state index in [1.54, 1.807) is 18.2 Å². The molecule has 9 nitrogen and oxygen atoms in total. The largest absolute Gasteiger partial charge is 0.497 e. The molecule has 0 amide bonds. The molecule has 194 valence electrons. The van der Waals surface area contributed by atoms with Crippen molar-refractivity contribution in [1.29, 1.82) is 0 Å². The van der Waals surface area contributed by atoms with E-state index in [0.717, 1.165) is 0 Å². The first-order valence-corrected chi connectivity index (χ1v) is 14.4. The third-order valence-electron chi connectivity index (χ3n) is 6.26. The first-order valence-electron chi connectivity index (χ1n) is 11.5. The molecule has 2 aromatic carbocycles. The molecule has 0 saturated heterocycles. The van der Waals surface area contributed by atoms with Gasteiger partial charge in [-0.05, 0) is 36.3 Å². The first kappa shape index (κ1) is 27.1. The molecular formula is C25H33FN4O5Si. The van der Waals surface area contributed by atoms with E-state index < -0.39 is 26.1 Å². The summed E-state index contributed by atoms with van der Waals surface area (Å²) in [5.74, 6) is -1.06. The monoisotopic (exact) mass is 516 g/mol. The number of carboxylic acid groups (broad SMARTS) is 1. The van der Waals surface area contributed by atoms with Crippen LogP contribution in [0.4, 0.5) is 10.1 Å². The van der Waals surface area contributed by atoms with E-state index in [9.17, 15) is 14.3 Å². The van der Waals surface area contributed by atoms with Crippen LogP contribution in [0.2, 0.25) is 18.1 Å². The minimum Gasteiger partial charge on any atom is -0.497 e. The fraction of sp³-hybridized carbons (Fsp3) is 0.400. The zero-order valence-electron chi connectivity index (χ0n) is 21.4. The molecule has 1 heterocycles. The number of hydrogen-bond donors (Lipinski definition) is 2. The second kappa shape index (κ2) is 11.1. The molecule has 1 atom stereocenters. The molecule has 3 aromatic rings. The molecule has 3 rings (SSSR count). The third kappa shape index (κ3) is 6.61. The second-order valence-corrected chi connectivity index (χ2v) is 14.6. The maximum atomic E-state index is 14.1. The second-order valence-electron chi connectivity index (χ2n) is 9.81. The first-order chi connectivity index (χ1) is 16.9. The number of nitrogens with one attached hydrogen (secondary N) is 1. The van der Waals surface area contributed by atoms with Crippen LogP contribution >= 0.6 is 0 Å². The highest BCUT2D eigenvalue weighted by atomic mass is 28.4. The maximum absolute atomic E-state index is 14.1. The summed E-state index contributed by atoms with van der Waals surface area (Å²) in [4.78, 5) is 16.2. The van der Waals surface area contributed by atoms with Gasteiger partial charge in [-0.1, -0.05) is 20.8 Å². The van der Waals surface area contributed by atoms with Crippen LogP contribution in [0.15, 0.2) is 49.1 Å². The SMILES string of the molecule is COc1cc(NC(C(=O)O)c2ccc(F)cc2OCCO[Si](C)(C)C(C)(C)C)cc(-n2cncn2)c1. The van der Waals surface area contributed by atoms with Crippen molar-refractivity contribution in [3.8, 4) is 17.2 Å². The van der Waals surface area contributed by atoms with Gasteiger partial charge in [0.25, 0.3) is 0 Å². The Morgan fingerprint density at radius 3 is 2.56 bits per heavy atom. The molecule has 0 aliphatic rings. The summed E-state index contributed by atoms with van der Waals surface area (Å²) in [5.41, 5.74) is 1.36.